The summed E-state index contributed by atoms with van der Waals surface area (Å²) in [6.07, 6.45) is 2.60. The van der Waals surface area contributed by atoms with Crippen molar-refractivity contribution < 1.29 is 4.74 Å². The fourth-order valence-electron chi connectivity index (χ4n) is 2.60. The second-order valence-electron chi connectivity index (χ2n) is 6.03. The van der Waals surface area contributed by atoms with Crippen molar-refractivity contribution in [1.29, 1.82) is 0 Å². The summed E-state index contributed by atoms with van der Waals surface area (Å²) >= 11 is 0. The minimum atomic E-state index is -0.0272. The molecule has 1 N–H and O–H groups in total. The maximum absolute atomic E-state index is 6.29. The quantitative estimate of drug-likeness (QED) is 0.738. The van der Waals surface area contributed by atoms with E-state index in [4.69, 9.17) is 4.74 Å². The lowest BCUT2D eigenvalue weighted by atomic mass is 9.83. The maximum Gasteiger partial charge on any atom is 0.122 e. The zero-order valence-corrected chi connectivity index (χ0v) is 11.2. The van der Waals surface area contributed by atoms with Gasteiger partial charge in [0, 0.05) is 37.9 Å². The number of piperidine rings is 1. The molecule has 2 aliphatic rings. The third kappa shape index (κ3) is 2.27. The molecule has 0 aliphatic carbocycles. The van der Waals surface area contributed by atoms with Crippen LogP contribution in [0.4, 0.5) is 0 Å². The normalized spacial score (nSPS) is 34.1. The Bertz CT molecular complexity index is 244. The van der Waals surface area contributed by atoms with Crippen LogP contribution in [-0.4, -0.2) is 42.9 Å². The highest BCUT2D eigenvalue weighted by atomic mass is 16.5. The summed E-state index contributed by atoms with van der Waals surface area (Å²) < 4.78 is 6.29. The second-order valence-corrected chi connectivity index (χ2v) is 6.03. The van der Waals surface area contributed by atoms with Gasteiger partial charge >= 0.3 is 0 Å². The summed E-state index contributed by atoms with van der Waals surface area (Å²) in [5.41, 5.74) is 0.230. The van der Waals surface area contributed by atoms with Crippen molar-refractivity contribution >= 4 is 0 Å². The van der Waals surface area contributed by atoms with Crippen molar-refractivity contribution in [3.05, 3.63) is 0 Å². The molecule has 0 saturated carbocycles. The Kier molecular flexibility index (Phi) is 3.30. The summed E-state index contributed by atoms with van der Waals surface area (Å²) in [6, 6.07) is 0. The Morgan fingerprint density at radius 3 is 2.44 bits per heavy atom. The summed E-state index contributed by atoms with van der Waals surface area (Å²) in [5, 5.41) is 3.65. The van der Waals surface area contributed by atoms with Gasteiger partial charge in [-0.25, -0.2) is 0 Å². The van der Waals surface area contributed by atoms with Crippen LogP contribution in [0.2, 0.25) is 0 Å². The van der Waals surface area contributed by atoms with Gasteiger partial charge in [0.1, 0.15) is 5.72 Å². The lowest BCUT2D eigenvalue weighted by molar-refractivity contribution is -0.200. The lowest BCUT2D eigenvalue weighted by Crippen LogP contribution is -2.64. The number of nitrogens with zero attached hydrogens (tertiary/aromatic N) is 1. The average molecular weight is 226 g/mol. The van der Waals surface area contributed by atoms with Crippen molar-refractivity contribution in [3.63, 3.8) is 0 Å². The molecule has 0 bridgehead atoms. The molecule has 0 amide bonds. The van der Waals surface area contributed by atoms with Crippen LogP contribution in [0.15, 0.2) is 0 Å². The highest BCUT2D eigenvalue weighted by Gasteiger charge is 2.44. The lowest BCUT2D eigenvalue weighted by Gasteiger charge is -2.51. The first-order valence-corrected chi connectivity index (χ1v) is 6.63. The molecule has 94 valence electrons. The third-order valence-electron chi connectivity index (χ3n) is 4.48. The van der Waals surface area contributed by atoms with Crippen LogP contribution in [0.25, 0.3) is 0 Å². The van der Waals surface area contributed by atoms with Gasteiger partial charge < -0.3 is 9.64 Å². The fraction of sp³-hybridized carbons (Fsp3) is 1.00. The molecule has 2 aliphatic heterocycles. The van der Waals surface area contributed by atoms with Gasteiger partial charge in [0.25, 0.3) is 0 Å². The summed E-state index contributed by atoms with van der Waals surface area (Å²) in [5.74, 6) is 0. The molecule has 16 heavy (non-hydrogen) atoms. The monoisotopic (exact) mass is 226 g/mol. The van der Waals surface area contributed by atoms with Gasteiger partial charge in [-0.15, -0.1) is 0 Å². The van der Waals surface area contributed by atoms with Gasteiger partial charge in [-0.05, 0) is 13.5 Å². The molecule has 1 unspecified atom stereocenters. The summed E-state index contributed by atoms with van der Waals surface area (Å²) in [4.78, 5) is 2.50. The maximum atomic E-state index is 6.29. The first kappa shape index (κ1) is 12.3. The molecule has 3 heteroatoms. The highest BCUT2D eigenvalue weighted by molar-refractivity contribution is 4.94. The smallest absolute Gasteiger partial charge is 0.122 e. The SMILES string of the molecule is CCN1CCC2(CC1)NCC(C)(C)C(C)O2. The van der Waals surface area contributed by atoms with Crippen molar-refractivity contribution in [1.82, 2.24) is 10.2 Å². The minimum absolute atomic E-state index is 0.0272. The Balaban J connectivity index is 1.96. The molecule has 0 aromatic heterocycles. The summed E-state index contributed by atoms with van der Waals surface area (Å²) in [7, 11) is 0. The van der Waals surface area contributed by atoms with E-state index in [-0.39, 0.29) is 11.1 Å². The van der Waals surface area contributed by atoms with E-state index in [1.165, 1.54) is 0 Å². The van der Waals surface area contributed by atoms with E-state index in [1.54, 1.807) is 0 Å². The van der Waals surface area contributed by atoms with E-state index < -0.39 is 0 Å². The van der Waals surface area contributed by atoms with E-state index in [2.05, 4.69) is 37.9 Å². The van der Waals surface area contributed by atoms with Crippen LogP contribution >= 0.6 is 0 Å². The molecule has 3 nitrogen and oxygen atoms in total. The molecule has 0 aromatic rings. The molecule has 2 saturated heterocycles. The average Bonchev–Trinajstić information content (AvgIpc) is 2.26. The van der Waals surface area contributed by atoms with Crippen molar-refractivity contribution in [2.45, 2.75) is 52.4 Å². The zero-order chi connectivity index (χ0) is 11.8. The Morgan fingerprint density at radius 1 is 1.31 bits per heavy atom. The minimum Gasteiger partial charge on any atom is -0.357 e. The van der Waals surface area contributed by atoms with E-state index in [1.807, 2.05) is 0 Å². The highest BCUT2D eigenvalue weighted by Crippen LogP contribution is 2.35. The summed E-state index contributed by atoms with van der Waals surface area (Å²) in [6.45, 7) is 13.6. The molecular formula is C13H26N2O. The second kappa shape index (κ2) is 4.28. The van der Waals surface area contributed by atoms with Crippen LogP contribution < -0.4 is 5.32 Å². The van der Waals surface area contributed by atoms with Crippen LogP contribution in [0.1, 0.15) is 40.5 Å². The van der Waals surface area contributed by atoms with Gasteiger partial charge in [0.05, 0.1) is 6.10 Å². The number of likely N-dealkylation sites (tertiary alicyclic amines) is 1. The van der Waals surface area contributed by atoms with Gasteiger partial charge in [-0.1, -0.05) is 20.8 Å². The van der Waals surface area contributed by atoms with Crippen molar-refractivity contribution in [3.8, 4) is 0 Å². The molecule has 1 spiro atoms. The molecule has 2 fully saturated rings. The topological polar surface area (TPSA) is 24.5 Å². The molecule has 1 atom stereocenters. The fourth-order valence-corrected chi connectivity index (χ4v) is 2.60. The van der Waals surface area contributed by atoms with E-state index in [0.29, 0.717) is 6.10 Å². The van der Waals surface area contributed by atoms with Gasteiger partial charge in [-0.2, -0.15) is 0 Å². The number of rotatable bonds is 1. The van der Waals surface area contributed by atoms with Crippen LogP contribution in [0.5, 0.6) is 0 Å². The number of hydrogen-bond acceptors (Lipinski definition) is 3. The van der Waals surface area contributed by atoms with Crippen molar-refractivity contribution in [2.24, 2.45) is 5.41 Å². The zero-order valence-electron chi connectivity index (χ0n) is 11.2. The molecule has 0 radical (unpaired) electrons. The number of ether oxygens (including phenoxy) is 1. The largest absolute Gasteiger partial charge is 0.357 e. The van der Waals surface area contributed by atoms with Crippen molar-refractivity contribution in [2.75, 3.05) is 26.2 Å². The van der Waals surface area contributed by atoms with E-state index in [0.717, 1.165) is 39.0 Å². The van der Waals surface area contributed by atoms with Crippen LogP contribution in [0, 0.1) is 5.41 Å². The van der Waals surface area contributed by atoms with E-state index >= 15 is 0 Å². The number of nitrogens with one attached hydrogen (secondary N) is 1. The number of hydrogen-bond donors (Lipinski definition) is 1. The Labute approximate surface area is 99.5 Å². The van der Waals surface area contributed by atoms with Gasteiger partial charge in [0.2, 0.25) is 0 Å². The van der Waals surface area contributed by atoms with E-state index in [9.17, 15) is 0 Å². The first-order chi connectivity index (χ1) is 7.47. The van der Waals surface area contributed by atoms with Gasteiger partial charge in [0.15, 0.2) is 0 Å². The van der Waals surface area contributed by atoms with Gasteiger partial charge in [-0.3, -0.25) is 5.32 Å². The molecule has 2 rings (SSSR count). The first-order valence-electron chi connectivity index (χ1n) is 6.63. The predicted molar refractivity (Wildman–Crippen MR) is 66.4 cm³/mol. The Hall–Kier alpha value is -0.120. The molecular weight excluding hydrogens is 200 g/mol. The third-order valence-corrected chi connectivity index (χ3v) is 4.48. The molecule has 0 aromatic carbocycles. The van der Waals surface area contributed by atoms with Crippen LogP contribution in [0.3, 0.4) is 0 Å². The standard InChI is InChI=1S/C13H26N2O/c1-5-15-8-6-13(7-9-15)14-10-12(3,4)11(2)16-13/h11,14H,5-10H2,1-4H3. The predicted octanol–water partition coefficient (Wildman–Crippen LogP) is 1.83. The van der Waals surface area contributed by atoms with Crippen LogP contribution in [-0.2, 0) is 4.74 Å². The molecule has 2 heterocycles. The Morgan fingerprint density at radius 2 is 1.94 bits per heavy atom.